The van der Waals surface area contributed by atoms with Crippen LogP contribution in [0.3, 0.4) is 0 Å². The lowest BCUT2D eigenvalue weighted by atomic mass is 10.2. The quantitative estimate of drug-likeness (QED) is 0.640. The molecule has 0 aliphatic carbocycles. The minimum atomic E-state index is -3.16. The van der Waals surface area contributed by atoms with Gasteiger partial charge in [0, 0.05) is 6.54 Å². The predicted octanol–water partition coefficient (Wildman–Crippen LogP) is -1.09. The third kappa shape index (κ3) is 4.65. The minimum Gasteiger partial charge on any atom is -0.349 e. The van der Waals surface area contributed by atoms with E-state index in [0.717, 1.165) is 12.2 Å². The summed E-state index contributed by atoms with van der Waals surface area (Å²) in [7, 11) is -3.16. The molecule has 10 heteroatoms. The zero-order valence-corrected chi connectivity index (χ0v) is 13.2. The van der Waals surface area contributed by atoms with Crippen LogP contribution in [0.5, 0.6) is 0 Å². The van der Waals surface area contributed by atoms with Gasteiger partial charge in [0.1, 0.15) is 6.54 Å². The second-order valence-corrected chi connectivity index (χ2v) is 7.67. The first-order valence-electron chi connectivity index (χ1n) is 6.63. The van der Waals surface area contributed by atoms with Crippen LogP contribution in [0.4, 0.5) is 0 Å². The lowest BCUT2D eigenvalue weighted by Crippen LogP contribution is -2.42. The van der Waals surface area contributed by atoms with Crippen molar-refractivity contribution >= 4 is 27.3 Å². The maximum Gasteiger partial charge on any atom is 0.242 e. The van der Waals surface area contributed by atoms with Crippen molar-refractivity contribution in [2.45, 2.75) is 31.4 Å². The topological polar surface area (TPSA) is 106 Å². The highest BCUT2D eigenvalue weighted by atomic mass is 35.5. The van der Waals surface area contributed by atoms with E-state index in [0.29, 0.717) is 6.54 Å². The molecule has 2 atom stereocenters. The Morgan fingerprint density at radius 2 is 2.29 bits per heavy atom. The molecule has 0 radical (unpaired) electrons. The van der Waals surface area contributed by atoms with Crippen molar-refractivity contribution in [2.75, 3.05) is 18.1 Å². The van der Waals surface area contributed by atoms with E-state index in [1.807, 2.05) is 6.92 Å². The summed E-state index contributed by atoms with van der Waals surface area (Å²) in [6.07, 6.45) is 1.67. The van der Waals surface area contributed by atoms with E-state index in [-0.39, 0.29) is 24.0 Å². The number of carbonyl (C=O) groups is 1. The van der Waals surface area contributed by atoms with Crippen LogP contribution in [0, 0.1) is 0 Å². The van der Waals surface area contributed by atoms with E-state index < -0.39 is 21.3 Å². The van der Waals surface area contributed by atoms with Crippen LogP contribution >= 0.6 is 11.6 Å². The first kappa shape index (κ1) is 16.2. The van der Waals surface area contributed by atoms with Crippen molar-refractivity contribution in [2.24, 2.45) is 0 Å². The molecule has 1 aromatic rings. The highest BCUT2D eigenvalue weighted by molar-refractivity contribution is 7.91. The van der Waals surface area contributed by atoms with E-state index in [1.165, 1.54) is 4.68 Å². The molecule has 21 heavy (non-hydrogen) atoms. The number of nitrogens with one attached hydrogen (secondary N) is 2. The molecule has 0 aromatic carbocycles. The Morgan fingerprint density at radius 1 is 1.52 bits per heavy atom. The average molecular weight is 336 g/mol. The van der Waals surface area contributed by atoms with E-state index >= 15 is 0 Å². The Labute approximate surface area is 128 Å². The van der Waals surface area contributed by atoms with Gasteiger partial charge in [0.2, 0.25) is 5.91 Å². The molecule has 0 bridgehead atoms. The van der Waals surface area contributed by atoms with Gasteiger partial charge in [-0.25, -0.2) is 13.1 Å². The predicted molar refractivity (Wildman–Crippen MR) is 77.6 cm³/mol. The molecule has 2 rings (SSSR count). The number of nitrogens with zero attached hydrogens (tertiary/aromatic N) is 3. The van der Waals surface area contributed by atoms with E-state index in [1.54, 1.807) is 6.20 Å². The number of sulfone groups is 1. The number of rotatable bonds is 6. The van der Waals surface area contributed by atoms with Gasteiger partial charge in [0.25, 0.3) is 0 Å². The number of halogens is 1. The Bertz CT molecular complexity index is 603. The van der Waals surface area contributed by atoms with Gasteiger partial charge in [0.15, 0.2) is 9.84 Å². The fourth-order valence-corrected chi connectivity index (χ4v) is 4.64. The average Bonchev–Trinajstić information content (AvgIpc) is 2.91. The maximum atomic E-state index is 11.9. The van der Waals surface area contributed by atoms with Gasteiger partial charge in [-0.05, 0) is 6.54 Å². The molecule has 1 aliphatic heterocycles. The molecule has 2 heterocycles. The van der Waals surface area contributed by atoms with Gasteiger partial charge in [0.05, 0.1) is 34.8 Å². The number of hydrogen-bond acceptors (Lipinski definition) is 6. The molecule has 1 saturated heterocycles. The number of carbonyl (C=O) groups excluding carboxylic acids is 1. The van der Waals surface area contributed by atoms with E-state index in [2.05, 4.69) is 20.9 Å². The van der Waals surface area contributed by atoms with Crippen molar-refractivity contribution in [1.82, 2.24) is 25.6 Å². The zero-order chi connectivity index (χ0) is 15.5. The molecule has 0 saturated carbocycles. The summed E-state index contributed by atoms with van der Waals surface area (Å²) in [5, 5.41) is 12.9. The summed E-state index contributed by atoms with van der Waals surface area (Å²) in [6, 6.07) is -0.547. The summed E-state index contributed by atoms with van der Waals surface area (Å²) < 4.78 is 24.3. The highest BCUT2D eigenvalue weighted by Crippen LogP contribution is 2.17. The summed E-state index contributed by atoms with van der Waals surface area (Å²) in [5.74, 6) is -0.548. The molecule has 2 unspecified atom stereocenters. The van der Waals surface area contributed by atoms with Crippen molar-refractivity contribution in [3.05, 3.63) is 11.9 Å². The lowest BCUT2D eigenvalue weighted by molar-refractivity contribution is -0.122. The number of alkyl halides is 1. The maximum absolute atomic E-state index is 11.9. The fourth-order valence-electron chi connectivity index (χ4n) is 2.09. The van der Waals surface area contributed by atoms with Crippen LogP contribution < -0.4 is 10.6 Å². The van der Waals surface area contributed by atoms with Gasteiger partial charge < -0.3 is 10.6 Å². The van der Waals surface area contributed by atoms with Crippen LogP contribution in [0.15, 0.2) is 6.20 Å². The molecular formula is C11H18ClN5O3S. The van der Waals surface area contributed by atoms with E-state index in [9.17, 15) is 13.2 Å². The first-order valence-corrected chi connectivity index (χ1v) is 8.89. The van der Waals surface area contributed by atoms with Crippen molar-refractivity contribution in [3.63, 3.8) is 0 Å². The Hall–Kier alpha value is -1.19. The molecule has 1 aliphatic rings. The molecular weight excluding hydrogens is 318 g/mol. The van der Waals surface area contributed by atoms with Gasteiger partial charge in [-0.1, -0.05) is 12.1 Å². The molecule has 8 nitrogen and oxygen atoms in total. The van der Waals surface area contributed by atoms with Crippen LogP contribution in [-0.2, 0) is 27.7 Å². The number of hydrogen-bond donors (Lipinski definition) is 2. The molecule has 1 amide bonds. The lowest BCUT2D eigenvalue weighted by Gasteiger charge is -2.13. The first-order chi connectivity index (χ1) is 9.89. The van der Waals surface area contributed by atoms with Crippen LogP contribution in [0.2, 0.25) is 0 Å². The molecule has 1 fully saturated rings. The molecule has 0 spiro atoms. The molecule has 1 aromatic heterocycles. The normalized spacial score (nSPS) is 24.1. The zero-order valence-electron chi connectivity index (χ0n) is 11.6. The number of amides is 1. The third-order valence-corrected chi connectivity index (χ3v) is 5.45. The second kappa shape index (κ2) is 6.71. The monoisotopic (exact) mass is 335 g/mol. The van der Waals surface area contributed by atoms with Gasteiger partial charge in [-0.15, -0.1) is 16.7 Å². The Morgan fingerprint density at radius 3 is 2.90 bits per heavy atom. The molecule has 118 valence electrons. The SMILES string of the molecule is CCNCc1cn(CC(=O)NC2CS(=O)(=O)CC2Cl)nn1. The van der Waals surface area contributed by atoms with Crippen LogP contribution in [0.1, 0.15) is 12.6 Å². The number of aromatic nitrogens is 3. The Balaban J connectivity index is 1.86. The highest BCUT2D eigenvalue weighted by Gasteiger charge is 2.37. The fraction of sp³-hybridized carbons (Fsp3) is 0.727. The van der Waals surface area contributed by atoms with E-state index in [4.69, 9.17) is 11.6 Å². The Kier molecular flexibility index (Phi) is 5.17. The van der Waals surface area contributed by atoms with Gasteiger partial charge >= 0.3 is 0 Å². The van der Waals surface area contributed by atoms with Gasteiger partial charge in [-0.2, -0.15) is 0 Å². The van der Waals surface area contributed by atoms with Crippen molar-refractivity contribution in [3.8, 4) is 0 Å². The summed E-state index contributed by atoms with van der Waals surface area (Å²) in [4.78, 5) is 11.9. The summed E-state index contributed by atoms with van der Waals surface area (Å²) in [6.45, 7) is 3.37. The molecule has 2 N–H and O–H groups in total. The van der Waals surface area contributed by atoms with Crippen molar-refractivity contribution < 1.29 is 13.2 Å². The standard InChI is InChI=1S/C11H18ClN5O3S/c1-2-13-3-8-4-17(16-15-8)5-11(18)14-10-7-21(19,20)6-9(10)12/h4,9-10,13H,2-3,5-7H2,1H3,(H,14,18). The minimum absolute atomic E-state index is 0.0146. The van der Waals surface area contributed by atoms with Crippen LogP contribution in [-0.4, -0.2) is 58.8 Å². The summed E-state index contributed by atoms with van der Waals surface area (Å²) in [5.41, 5.74) is 0.739. The van der Waals surface area contributed by atoms with Gasteiger partial charge in [-0.3, -0.25) is 4.79 Å². The van der Waals surface area contributed by atoms with Crippen molar-refractivity contribution in [1.29, 1.82) is 0 Å². The van der Waals surface area contributed by atoms with Crippen LogP contribution in [0.25, 0.3) is 0 Å². The summed E-state index contributed by atoms with van der Waals surface area (Å²) >= 11 is 5.93. The second-order valence-electron chi connectivity index (χ2n) is 4.95. The smallest absolute Gasteiger partial charge is 0.242 e. The largest absolute Gasteiger partial charge is 0.349 e. The third-order valence-electron chi connectivity index (χ3n) is 3.08.